The van der Waals surface area contributed by atoms with Gasteiger partial charge in [-0.1, -0.05) is 91.6 Å². The van der Waals surface area contributed by atoms with Crippen molar-refractivity contribution in [1.82, 2.24) is 4.98 Å². The van der Waals surface area contributed by atoms with Crippen molar-refractivity contribution in [2.45, 2.75) is 52.9 Å². The summed E-state index contributed by atoms with van der Waals surface area (Å²) in [5, 5.41) is 13.2. The van der Waals surface area contributed by atoms with Crippen LogP contribution in [-0.4, -0.2) is 23.9 Å². The Morgan fingerprint density at radius 2 is 1.57 bits per heavy atom. The minimum atomic E-state index is -4.34. The molecule has 6 rings (SSSR count). The Morgan fingerprint density at radius 1 is 0.913 bits per heavy atom. The molecule has 1 aliphatic rings. The molecule has 2 heterocycles. The first-order valence-corrected chi connectivity index (χ1v) is 17.8. The first-order chi connectivity index (χ1) is 21.2. The van der Waals surface area contributed by atoms with Crippen LogP contribution in [0.15, 0.2) is 96.9 Å². The molecular weight excluding hydrogens is 780 g/mol. The zero-order chi connectivity index (χ0) is 32.7. The number of nitrogens with zero attached hydrogens (tertiary/aromatic N) is 1. The van der Waals surface area contributed by atoms with Crippen molar-refractivity contribution >= 4 is 35.0 Å². The fraction of sp³-hybridized carbons (Fsp3) is 0.211. The first kappa shape index (κ1) is 35.0. The Kier molecular flexibility index (Phi) is 10.3. The number of benzene rings is 4. The van der Waals surface area contributed by atoms with Crippen LogP contribution in [0.1, 0.15) is 44.7 Å². The summed E-state index contributed by atoms with van der Waals surface area (Å²) < 4.78 is 39.3. The van der Waals surface area contributed by atoms with E-state index in [2.05, 4.69) is 75.5 Å². The number of fused-ring (bicyclic) bond motifs is 4. The number of carbonyl (C=O) groups excluding carboxylic acids is 1. The van der Waals surface area contributed by atoms with Crippen molar-refractivity contribution < 1.29 is 43.2 Å². The number of hydrogen-bond donors (Lipinski definition) is 1. The molecule has 239 valence electrons. The molecule has 46 heavy (non-hydrogen) atoms. The second kappa shape index (κ2) is 13.5. The monoisotopic (exact) mass is 815 g/mol. The number of alkyl halides is 3. The van der Waals surface area contributed by atoms with E-state index in [-0.39, 0.29) is 31.6 Å². The van der Waals surface area contributed by atoms with Crippen molar-refractivity contribution in [3.8, 4) is 33.5 Å². The molecule has 1 aliphatic heterocycles. The van der Waals surface area contributed by atoms with Crippen LogP contribution in [0.3, 0.4) is 0 Å². The molecule has 1 aromatic heterocycles. The van der Waals surface area contributed by atoms with Crippen LogP contribution in [0.2, 0.25) is 13.1 Å². The van der Waals surface area contributed by atoms with E-state index in [1.54, 1.807) is 12.1 Å². The fourth-order valence-electron chi connectivity index (χ4n) is 6.14. The third-order valence-electron chi connectivity index (χ3n) is 8.20. The summed E-state index contributed by atoms with van der Waals surface area (Å²) in [6.45, 7) is 12.0. The van der Waals surface area contributed by atoms with E-state index in [4.69, 9.17) is 10.1 Å². The number of hydrogen-bond acceptors (Lipinski definition) is 3. The molecule has 8 heteroatoms. The van der Waals surface area contributed by atoms with Gasteiger partial charge >= 0.3 is 6.18 Å². The third kappa shape index (κ3) is 6.94. The van der Waals surface area contributed by atoms with Gasteiger partial charge in [0, 0.05) is 38.1 Å². The molecule has 0 bridgehead atoms. The summed E-state index contributed by atoms with van der Waals surface area (Å²) in [7, 11) is -2.19. The number of allylic oxidation sites excluding steroid dienone is 2. The van der Waals surface area contributed by atoms with Crippen LogP contribution in [0, 0.1) is 6.07 Å². The van der Waals surface area contributed by atoms with Crippen LogP contribution in [0.25, 0.3) is 44.3 Å². The Morgan fingerprint density at radius 3 is 2.15 bits per heavy atom. The van der Waals surface area contributed by atoms with Crippen LogP contribution >= 0.6 is 0 Å². The molecule has 0 fully saturated rings. The topological polar surface area (TPSA) is 50.2 Å². The Bertz CT molecular complexity index is 1940. The molecule has 3 nitrogen and oxygen atoms in total. The van der Waals surface area contributed by atoms with Gasteiger partial charge in [0.15, 0.2) is 5.78 Å². The minimum absolute atomic E-state index is 0. The van der Waals surface area contributed by atoms with E-state index in [9.17, 15) is 18.0 Å². The fourth-order valence-corrected chi connectivity index (χ4v) is 9.50. The molecule has 1 radical (unpaired) electrons. The molecule has 0 amide bonds. The second-order valence-electron chi connectivity index (χ2n) is 12.3. The summed E-state index contributed by atoms with van der Waals surface area (Å²) in [5.74, 6) is 0.297. The summed E-state index contributed by atoms with van der Waals surface area (Å²) >= 11 is 0. The van der Waals surface area contributed by atoms with E-state index in [0.717, 1.165) is 39.9 Å². The normalized spacial score (nSPS) is 13.4. The molecule has 0 atom stereocenters. The van der Waals surface area contributed by atoms with E-state index in [1.807, 2.05) is 18.3 Å². The minimum Gasteiger partial charge on any atom is -0.512 e. The van der Waals surface area contributed by atoms with Crippen molar-refractivity contribution in [3.05, 3.63) is 114 Å². The molecule has 0 saturated heterocycles. The molecule has 0 saturated carbocycles. The molecular formula is C38H35F3IrNO2Si-. The number of aliphatic hydroxyl groups excluding tert-OH is 1. The molecule has 1 N–H and O–H groups in total. The van der Waals surface area contributed by atoms with Crippen molar-refractivity contribution in [2.75, 3.05) is 0 Å². The molecule has 0 unspecified atom stereocenters. The van der Waals surface area contributed by atoms with Crippen LogP contribution in [0.5, 0.6) is 0 Å². The number of aromatic nitrogens is 1. The second-order valence-corrected chi connectivity index (χ2v) is 16.6. The number of ketones is 1. The zero-order valence-electron chi connectivity index (χ0n) is 26.5. The van der Waals surface area contributed by atoms with Gasteiger partial charge in [-0.25, -0.2) is 0 Å². The number of aliphatic hydroxyl groups is 1. The average molecular weight is 815 g/mol. The van der Waals surface area contributed by atoms with Crippen molar-refractivity contribution in [2.24, 2.45) is 0 Å². The van der Waals surface area contributed by atoms with Crippen LogP contribution < -0.4 is 10.4 Å². The maximum Gasteiger partial charge on any atom is 0.416 e. The predicted octanol–water partition coefficient (Wildman–Crippen LogP) is 9.35. The van der Waals surface area contributed by atoms with Gasteiger partial charge in [0.2, 0.25) is 0 Å². The molecule has 0 spiro atoms. The Balaban J connectivity index is 0.000000542. The Hall–Kier alpha value is -3.84. The smallest absolute Gasteiger partial charge is 0.416 e. The largest absolute Gasteiger partial charge is 0.512 e. The standard InChI is InChI=1S/C33H27F3NSi.C5H8O2.Ir/c1-20(2)29-18-24(17-23-7-5-6-8-26(23)29)31-32-28(15-16-37-31)27-14-11-22(19-30(27)38(32,3)4)21-9-12-25(13-10-21)33(34,35)36;1-4(6)3-5(2)7;/h5-16,18-20H,1-4H3;3,6H,1-2H3;/q-1;;/b;4-3-;. The summed E-state index contributed by atoms with van der Waals surface area (Å²) in [6, 6.07) is 28.1. The van der Waals surface area contributed by atoms with Gasteiger partial charge in [0.1, 0.15) is 8.07 Å². The van der Waals surface area contributed by atoms with E-state index < -0.39 is 19.8 Å². The van der Waals surface area contributed by atoms with Gasteiger partial charge in [0.25, 0.3) is 0 Å². The van der Waals surface area contributed by atoms with E-state index in [0.29, 0.717) is 5.92 Å². The predicted molar refractivity (Wildman–Crippen MR) is 180 cm³/mol. The van der Waals surface area contributed by atoms with Gasteiger partial charge in [-0.2, -0.15) is 13.2 Å². The van der Waals surface area contributed by atoms with Gasteiger partial charge in [-0.15, -0.1) is 29.1 Å². The quantitative estimate of drug-likeness (QED) is 0.0853. The molecule has 0 aliphatic carbocycles. The van der Waals surface area contributed by atoms with Crippen molar-refractivity contribution in [1.29, 1.82) is 0 Å². The third-order valence-corrected chi connectivity index (χ3v) is 11.7. The summed E-state index contributed by atoms with van der Waals surface area (Å²) in [6.07, 6.45) is -1.29. The van der Waals surface area contributed by atoms with E-state index >= 15 is 0 Å². The van der Waals surface area contributed by atoms with Crippen molar-refractivity contribution in [3.63, 3.8) is 0 Å². The first-order valence-electron chi connectivity index (χ1n) is 14.8. The van der Waals surface area contributed by atoms with Crippen LogP contribution in [0.4, 0.5) is 13.2 Å². The van der Waals surface area contributed by atoms with Gasteiger partial charge in [-0.05, 0) is 65.4 Å². The van der Waals surface area contributed by atoms with Crippen LogP contribution in [-0.2, 0) is 31.1 Å². The SMILES string of the molecule is CC(=O)/C=C(/C)O.CC(C)c1cc(-c2nccc3c2[Si](C)(C)c2cc(-c4ccc(C(F)(F)F)cc4)ccc2-3)[c-]c2ccccc12.[Ir]. The molecule has 5 aromatic rings. The number of carbonyl (C=O) groups is 1. The van der Waals surface area contributed by atoms with Gasteiger partial charge in [0.05, 0.1) is 11.3 Å². The van der Waals surface area contributed by atoms with Gasteiger partial charge < -0.3 is 5.11 Å². The maximum absolute atomic E-state index is 13.1. The Labute approximate surface area is 282 Å². The summed E-state index contributed by atoms with van der Waals surface area (Å²) in [4.78, 5) is 14.9. The summed E-state index contributed by atoms with van der Waals surface area (Å²) in [5.41, 5.74) is 6.76. The van der Waals surface area contributed by atoms with Gasteiger partial charge in [-0.3, -0.25) is 9.78 Å². The number of rotatable bonds is 4. The number of halogens is 3. The zero-order valence-corrected chi connectivity index (χ0v) is 29.9. The average Bonchev–Trinajstić information content (AvgIpc) is 3.22. The molecule has 4 aromatic carbocycles. The maximum atomic E-state index is 13.1. The number of pyridine rings is 1. The van der Waals surface area contributed by atoms with E-state index in [1.165, 1.54) is 52.4 Å².